The number of carbonyl (C=O) groups excluding carboxylic acids is 4. The van der Waals surface area contributed by atoms with Gasteiger partial charge < -0.3 is 34.2 Å². The highest BCUT2D eigenvalue weighted by Crippen LogP contribution is 2.40. The van der Waals surface area contributed by atoms with Gasteiger partial charge in [-0.3, -0.25) is 4.79 Å². The maximum Gasteiger partial charge on any atom is 0.338 e. The minimum absolute atomic E-state index is 0.175. The van der Waals surface area contributed by atoms with Crippen molar-refractivity contribution in [2.75, 3.05) is 12.3 Å². The summed E-state index contributed by atoms with van der Waals surface area (Å²) < 4.78 is 37.2. The summed E-state index contributed by atoms with van der Waals surface area (Å²) in [5, 5.41) is 0. The van der Waals surface area contributed by atoms with Crippen molar-refractivity contribution in [2.24, 2.45) is 0 Å². The van der Waals surface area contributed by atoms with Crippen molar-refractivity contribution in [2.45, 2.75) is 63.8 Å². The molecule has 6 rings (SSSR count). The zero-order chi connectivity index (χ0) is 39.7. The van der Waals surface area contributed by atoms with Crippen LogP contribution in [0.3, 0.4) is 0 Å². The summed E-state index contributed by atoms with van der Waals surface area (Å²) in [6, 6.07) is 38.0. The van der Waals surface area contributed by atoms with Gasteiger partial charge in [-0.25, -0.2) is 14.4 Å². The minimum Gasteiger partial charge on any atom is -0.460 e. The molecular weight excluding hydrogens is 714 g/mol. The minimum atomic E-state index is -1.91. The van der Waals surface area contributed by atoms with E-state index in [9.17, 15) is 19.2 Å². The van der Waals surface area contributed by atoms with Gasteiger partial charge in [0.1, 0.15) is 18.5 Å². The Kier molecular flexibility index (Phi) is 12.5. The smallest absolute Gasteiger partial charge is 0.338 e. The first kappa shape index (κ1) is 39.2. The molecule has 0 aliphatic carbocycles. The van der Waals surface area contributed by atoms with Gasteiger partial charge in [-0.2, -0.15) is 0 Å². The number of rotatable bonds is 13. The number of anilines is 1. The van der Waals surface area contributed by atoms with Crippen molar-refractivity contribution in [3.05, 3.63) is 167 Å². The van der Waals surface area contributed by atoms with E-state index in [-0.39, 0.29) is 16.7 Å². The van der Waals surface area contributed by atoms with Crippen LogP contribution in [0.2, 0.25) is 0 Å². The summed E-state index contributed by atoms with van der Waals surface area (Å²) in [7, 11) is 0. The van der Waals surface area contributed by atoms with Crippen molar-refractivity contribution >= 4 is 29.6 Å². The summed E-state index contributed by atoms with van der Waals surface area (Å²) in [6.07, 6.45) is -4.64. The average molecular weight is 758 g/mol. The molecule has 1 heterocycles. The summed E-state index contributed by atoms with van der Waals surface area (Å²) >= 11 is 0. The molecule has 11 heteroatoms. The van der Waals surface area contributed by atoms with Crippen LogP contribution in [0.15, 0.2) is 133 Å². The highest BCUT2D eigenvalue weighted by molar-refractivity contribution is 5.91. The van der Waals surface area contributed by atoms with Crippen LogP contribution in [-0.4, -0.2) is 60.7 Å². The zero-order valence-corrected chi connectivity index (χ0v) is 31.3. The number of esters is 4. The maximum absolute atomic E-state index is 13.9. The van der Waals surface area contributed by atoms with E-state index in [0.29, 0.717) is 17.9 Å². The lowest BCUT2D eigenvalue weighted by Gasteiger charge is -2.50. The molecule has 0 spiro atoms. The van der Waals surface area contributed by atoms with Crippen LogP contribution in [0, 0.1) is 0 Å². The number of carbonyl (C=O) groups is 4. The van der Waals surface area contributed by atoms with Gasteiger partial charge in [-0.1, -0.05) is 91.9 Å². The summed E-state index contributed by atoms with van der Waals surface area (Å²) in [5.74, 6) is -2.76. The first-order valence-corrected chi connectivity index (χ1v) is 18.3. The van der Waals surface area contributed by atoms with E-state index in [1.807, 2.05) is 18.2 Å². The Hall–Kier alpha value is -6.46. The molecule has 0 saturated carbocycles. The third kappa shape index (κ3) is 9.42. The first-order valence-electron chi connectivity index (χ1n) is 18.3. The van der Waals surface area contributed by atoms with Gasteiger partial charge in [0.2, 0.25) is 12.4 Å². The molecule has 1 saturated heterocycles. The highest BCUT2D eigenvalue weighted by Gasteiger charge is 2.61. The van der Waals surface area contributed by atoms with Gasteiger partial charge in [-0.05, 0) is 72.5 Å². The number of nitrogens with two attached hydrogens (primary N) is 1. The number of hydrogen-bond donors (Lipinski definition) is 1. The number of benzene rings is 5. The Balaban J connectivity index is 1.44. The van der Waals surface area contributed by atoms with Crippen LogP contribution in [0.4, 0.5) is 5.69 Å². The summed E-state index contributed by atoms with van der Waals surface area (Å²) in [5.41, 5.74) is 8.29. The molecule has 0 bridgehead atoms. The monoisotopic (exact) mass is 757 g/mol. The largest absolute Gasteiger partial charge is 0.460 e. The van der Waals surface area contributed by atoms with Crippen LogP contribution in [0.25, 0.3) is 0 Å². The predicted molar refractivity (Wildman–Crippen MR) is 207 cm³/mol. The molecule has 11 nitrogen and oxygen atoms in total. The van der Waals surface area contributed by atoms with Gasteiger partial charge in [0.05, 0.1) is 16.7 Å². The molecule has 1 aliphatic heterocycles. The lowest BCUT2D eigenvalue weighted by molar-refractivity contribution is -0.309. The van der Waals surface area contributed by atoms with Gasteiger partial charge in [0.25, 0.3) is 0 Å². The van der Waals surface area contributed by atoms with Crippen LogP contribution in [0.1, 0.15) is 68.5 Å². The number of nitrogen functional groups attached to an aromatic ring is 1. The normalized spacial score (nSPS) is 20.3. The molecule has 2 N–H and O–H groups in total. The molecule has 5 aromatic carbocycles. The molecule has 5 atom stereocenters. The van der Waals surface area contributed by atoms with Crippen molar-refractivity contribution in [1.29, 1.82) is 0 Å². The van der Waals surface area contributed by atoms with Crippen LogP contribution < -0.4 is 10.5 Å². The number of aryl methyl sites for hydroxylation is 1. The molecule has 0 aromatic heterocycles. The molecule has 5 aromatic rings. The standard InChI is InChI=1S/C45H43NO10/c1-4-30-20-22-31(23-21-30)26-35-24-25-36(46)27-37(35)52-44-39(54-42(49)33-16-10-6-11-17-33)40(55-43(50)34-18-12-7-13-19-34)45(3,56-29(2)47)38(53-44)28-51-41(48)32-14-8-5-9-15-32/h5-25,27,38-40,44H,4,26,28,46H2,1-3H3/t38-,39-,40-,44-,45-/m1/s1. The Labute approximate surface area is 325 Å². The van der Waals surface area contributed by atoms with Crippen molar-refractivity contribution < 1.29 is 47.6 Å². The van der Waals surface area contributed by atoms with Crippen LogP contribution in [-0.2, 0) is 41.3 Å². The van der Waals surface area contributed by atoms with Gasteiger partial charge in [0.15, 0.2) is 11.7 Å². The fourth-order valence-electron chi connectivity index (χ4n) is 6.46. The first-order chi connectivity index (χ1) is 27.0. The van der Waals surface area contributed by atoms with E-state index in [1.165, 1.54) is 19.4 Å². The molecule has 1 fully saturated rings. The second-order valence-electron chi connectivity index (χ2n) is 13.5. The number of hydrogen-bond acceptors (Lipinski definition) is 11. The Bertz CT molecular complexity index is 2130. The predicted octanol–water partition coefficient (Wildman–Crippen LogP) is 7.16. The highest BCUT2D eigenvalue weighted by atomic mass is 16.7. The Morgan fingerprint density at radius 3 is 1.79 bits per heavy atom. The second-order valence-corrected chi connectivity index (χ2v) is 13.5. The van der Waals surface area contributed by atoms with E-state index >= 15 is 0 Å². The van der Waals surface area contributed by atoms with Crippen molar-refractivity contribution in [3.63, 3.8) is 0 Å². The van der Waals surface area contributed by atoms with E-state index in [0.717, 1.165) is 17.5 Å². The Morgan fingerprint density at radius 1 is 0.696 bits per heavy atom. The molecule has 288 valence electrons. The third-order valence-corrected chi connectivity index (χ3v) is 9.46. The van der Waals surface area contributed by atoms with Crippen LogP contribution in [0.5, 0.6) is 5.75 Å². The van der Waals surface area contributed by atoms with E-state index in [1.54, 1.807) is 103 Å². The molecule has 0 unspecified atom stereocenters. The molecule has 0 radical (unpaired) electrons. The Morgan fingerprint density at radius 2 is 1.23 bits per heavy atom. The molecule has 56 heavy (non-hydrogen) atoms. The fraction of sp³-hybridized carbons (Fsp3) is 0.244. The zero-order valence-electron chi connectivity index (χ0n) is 31.3. The van der Waals surface area contributed by atoms with E-state index in [4.69, 9.17) is 34.2 Å². The van der Waals surface area contributed by atoms with Crippen molar-refractivity contribution in [3.8, 4) is 5.75 Å². The molecule has 0 amide bonds. The van der Waals surface area contributed by atoms with Crippen molar-refractivity contribution in [1.82, 2.24) is 0 Å². The average Bonchev–Trinajstić information content (AvgIpc) is 3.21. The summed E-state index contributed by atoms with van der Waals surface area (Å²) in [4.78, 5) is 53.8. The van der Waals surface area contributed by atoms with Gasteiger partial charge >= 0.3 is 23.9 Å². The maximum atomic E-state index is 13.9. The van der Waals surface area contributed by atoms with Gasteiger partial charge in [-0.15, -0.1) is 0 Å². The molecular formula is C45H43NO10. The van der Waals surface area contributed by atoms with E-state index < -0.39 is 60.7 Å². The quantitative estimate of drug-likeness (QED) is 0.0741. The fourth-order valence-corrected chi connectivity index (χ4v) is 6.46. The van der Waals surface area contributed by atoms with Gasteiger partial charge in [0, 0.05) is 25.1 Å². The summed E-state index contributed by atoms with van der Waals surface area (Å²) in [6.45, 7) is 4.24. The second kappa shape index (κ2) is 17.8. The van der Waals surface area contributed by atoms with Crippen LogP contribution >= 0.6 is 0 Å². The lowest BCUT2D eigenvalue weighted by Crippen LogP contribution is -2.70. The number of ether oxygens (including phenoxy) is 6. The topological polar surface area (TPSA) is 150 Å². The molecule has 1 aliphatic rings. The third-order valence-electron chi connectivity index (χ3n) is 9.46. The SMILES string of the molecule is CCc1ccc(Cc2ccc(N)cc2O[C@@H]2O[C@H](COC(=O)c3ccccc3)[C@@](C)(OC(C)=O)[C@H](OC(=O)c3ccccc3)[C@H]2OC(=O)c2ccccc2)cc1. The lowest BCUT2D eigenvalue weighted by atomic mass is 9.85. The van der Waals surface area contributed by atoms with E-state index in [2.05, 4.69) is 19.1 Å².